The van der Waals surface area contributed by atoms with Crippen molar-refractivity contribution in [2.45, 2.75) is 6.61 Å². The van der Waals surface area contributed by atoms with Crippen LogP contribution in [0.5, 0.6) is 5.75 Å². The molecule has 0 amide bonds. The fourth-order valence-electron chi connectivity index (χ4n) is 1.28. The zero-order chi connectivity index (χ0) is 12.3. The van der Waals surface area contributed by atoms with Crippen LogP contribution >= 0.6 is 15.9 Å². The first-order valence-electron chi connectivity index (χ1n) is 4.85. The van der Waals surface area contributed by atoms with Crippen LogP contribution in [0.1, 0.15) is 16.1 Å². The lowest BCUT2D eigenvalue weighted by Crippen LogP contribution is -1.97. The van der Waals surface area contributed by atoms with Gasteiger partial charge in [-0.15, -0.1) is 0 Å². The van der Waals surface area contributed by atoms with Gasteiger partial charge in [-0.1, -0.05) is 0 Å². The van der Waals surface area contributed by atoms with Crippen LogP contribution in [0.2, 0.25) is 0 Å². The molecule has 1 aromatic carbocycles. The highest BCUT2D eigenvalue weighted by atomic mass is 79.9. The van der Waals surface area contributed by atoms with Crippen LogP contribution < -0.4 is 4.74 Å². The van der Waals surface area contributed by atoms with Crippen molar-refractivity contribution < 1.29 is 19.1 Å². The van der Waals surface area contributed by atoms with Gasteiger partial charge in [-0.2, -0.15) is 0 Å². The molecular formula is C12H9BrO4. The van der Waals surface area contributed by atoms with Gasteiger partial charge in [0.1, 0.15) is 18.1 Å². The molecule has 0 fully saturated rings. The lowest BCUT2D eigenvalue weighted by molar-refractivity contribution is 0.0697. The number of hydrogen-bond acceptors (Lipinski definition) is 3. The summed E-state index contributed by atoms with van der Waals surface area (Å²) in [7, 11) is 0. The largest absolute Gasteiger partial charge is 0.486 e. The summed E-state index contributed by atoms with van der Waals surface area (Å²) in [4.78, 5) is 10.6. The zero-order valence-corrected chi connectivity index (χ0v) is 10.3. The van der Waals surface area contributed by atoms with Gasteiger partial charge >= 0.3 is 5.97 Å². The Labute approximate surface area is 106 Å². The molecule has 2 aromatic rings. The molecule has 0 atom stereocenters. The Kier molecular flexibility index (Phi) is 3.49. The first-order valence-corrected chi connectivity index (χ1v) is 5.65. The first-order chi connectivity index (χ1) is 8.15. The van der Waals surface area contributed by atoms with E-state index in [0.717, 1.165) is 0 Å². The summed E-state index contributed by atoms with van der Waals surface area (Å²) >= 11 is 3.20. The molecule has 0 unspecified atom stereocenters. The average molecular weight is 297 g/mol. The van der Waals surface area contributed by atoms with Crippen molar-refractivity contribution in [2.24, 2.45) is 0 Å². The molecule has 0 saturated heterocycles. The number of carbonyl (C=O) groups is 1. The number of halogens is 1. The lowest BCUT2D eigenvalue weighted by atomic mass is 10.2. The molecule has 0 radical (unpaired) electrons. The molecule has 1 N–H and O–H groups in total. The van der Waals surface area contributed by atoms with Crippen LogP contribution in [0.25, 0.3) is 0 Å². The van der Waals surface area contributed by atoms with Gasteiger partial charge in [-0.05, 0) is 52.3 Å². The minimum Gasteiger partial charge on any atom is -0.486 e. The molecule has 4 nitrogen and oxygen atoms in total. The number of carboxylic acid groups (broad SMARTS) is 1. The molecule has 88 valence electrons. The molecule has 1 aromatic heterocycles. The Bertz CT molecular complexity index is 516. The summed E-state index contributed by atoms with van der Waals surface area (Å²) in [6.45, 7) is 0.304. The third-order valence-electron chi connectivity index (χ3n) is 2.11. The highest BCUT2D eigenvalue weighted by Gasteiger charge is 2.03. The second-order valence-electron chi connectivity index (χ2n) is 3.32. The molecule has 0 bridgehead atoms. The normalized spacial score (nSPS) is 10.2. The van der Waals surface area contributed by atoms with E-state index < -0.39 is 5.97 Å². The van der Waals surface area contributed by atoms with Crippen LogP contribution in [0.3, 0.4) is 0 Å². The maximum Gasteiger partial charge on any atom is 0.335 e. The molecule has 5 heteroatoms. The summed E-state index contributed by atoms with van der Waals surface area (Å²) in [6, 6.07) is 9.80. The minimum absolute atomic E-state index is 0.234. The van der Waals surface area contributed by atoms with Gasteiger partial charge in [0, 0.05) is 0 Å². The maximum absolute atomic E-state index is 10.6. The Hall–Kier alpha value is -1.75. The van der Waals surface area contributed by atoms with Crippen LogP contribution in [0.15, 0.2) is 45.5 Å². The lowest BCUT2D eigenvalue weighted by Gasteiger charge is -2.04. The molecule has 17 heavy (non-hydrogen) atoms. The van der Waals surface area contributed by atoms with Crippen LogP contribution in [-0.4, -0.2) is 11.1 Å². The van der Waals surface area contributed by atoms with E-state index in [1.54, 1.807) is 24.3 Å². The second kappa shape index (κ2) is 5.05. The topological polar surface area (TPSA) is 59.7 Å². The van der Waals surface area contributed by atoms with Gasteiger partial charge in [-0.3, -0.25) is 0 Å². The van der Waals surface area contributed by atoms with Crippen molar-refractivity contribution >= 4 is 21.9 Å². The molecular weight excluding hydrogens is 288 g/mol. The van der Waals surface area contributed by atoms with Crippen LogP contribution in [0.4, 0.5) is 0 Å². The number of furan rings is 1. The third-order valence-corrected chi connectivity index (χ3v) is 2.54. The van der Waals surface area contributed by atoms with Gasteiger partial charge in [0.2, 0.25) is 0 Å². The smallest absolute Gasteiger partial charge is 0.335 e. The summed E-state index contributed by atoms with van der Waals surface area (Å²) in [5, 5.41) is 8.73. The van der Waals surface area contributed by atoms with Crippen LogP contribution in [-0.2, 0) is 6.61 Å². The Balaban J connectivity index is 1.97. The summed E-state index contributed by atoms with van der Waals surface area (Å²) < 4.78 is 11.3. The number of hydrogen-bond donors (Lipinski definition) is 1. The van der Waals surface area contributed by atoms with E-state index in [9.17, 15) is 4.79 Å². The quantitative estimate of drug-likeness (QED) is 0.940. The summed E-state index contributed by atoms with van der Waals surface area (Å²) in [6.07, 6.45) is 0. The third kappa shape index (κ3) is 3.10. The van der Waals surface area contributed by atoms with E-state index in [1.165, 1.54) is 12.1 Å². The standard InChI is InChI=1S/C12H9BrO4/c13-11-6-5-10(17-11)7-16-9-3-1-8(2-4-9)12(14)15/h1-6H,7H2,(H,14,15). The molecule has 0 aliphatic heterocycles. The SMILES string of the molecule is O=C(O)c1ccc(OCc2ccc(Br)o2)cc1. The monoisotopic (exact) mass is 296 g/mol. The van der Waals surface area contributed by atoms with Gasteiger partial charge in [0.25, 0.3) is 0 Å². The Morgan fingerprint density at radius 3 is 2.47 bits per heavy atom. The molecule has 0 aliphatic rings. The second-order valence-corrected chi connectivity index (χ2v) is 4.11. The van der Waals surface area contributed by atoms with E-state index in [-0.39, 0.29) is 5.56 Å². The summed E-state index contributed by atoms with van der Waals surface area (Å²) in [5.41, 5.74) is 0.234. The van der Waals surface area contributed by atoms with Crippen molar-refractivity contribution in [3.8, 4) is 5.75 Å². The molecule has 0 saturated carbocycles. The number of carboxylic acids is 1. The van der Waals surface area contributed by atoms with Gasteiger partial charge in [-0.25, -0.2) is 4.79 Å². The van der Waals surface area contributed by atoms with Crippen molar-refractivity contribution in [3.63, 3.8) is 0 Å². The van der Waals surface area contributed by atoms with E-state index in [0.29, 0.717) is 22.8 Å². The Morgan fingerprint density at radius 1 is 1.24 bits per heavy atom. The van der Waals surface area contributed by atoms with Crippen molar-refractivity contribution in [1.29, 1.82) is 0 Å². The highest BCUT2D eigenvalue weighted by Crippen LogP contribution is 2.17. The summed E-state index contributed by atoms with van der Waals surface area (Å²) in [5.74, 6) is 0.341. The number of benzene rings is 1. The van der Waals surface area contributed by atoms with Crippen molar-refractivity contribution in [2.75, 3.05) is 0 Å². The maximum atomic E-state index is 10.6. The number of ether oxygens (including phenoxy) is 1. The van der Waals surface area contributed by atoms with Crippen LogP contribution in [0, 0.1) is 0 Å². The highest BCUT2D eigenvalue weighted by molar-refractivity contribution is 9.10. The molecule has 2 rings (SSSR count). The first kappa shape index (κ1) is 11.7. The van der Waals surface area contributed by atoms with Gasteiger partial charge in [0.05, 0.1) is 5.56 Å². The predicted molar refractivity (Wildman–Crippen MR) is 64.1 cm³/mol. The van der Waals surface area contributed by atoms with E-state index in [4.69, 9.17) is 14.3 Å². The molecule has 0 aliphatic carbocycles. The molecule has 0 spiro atoms. The number of rotatable bonds is 4. The minimum atomic E-state index is -0.952. The Morgan fingerprint density at radius 2 is 1.94 bits per heavy atom. The van der Waals surface area contributed by atoms with Gasteiger partial charge in [0.15, 0.2) is 4.67 Å². The fourth-order valence-corrected chi connectivity index (χ4v) is 1.62. The van der Waals surface area contributed by atoms with E-state index in [1.807, 2.05) is 0 Å². The zero-order valence-electron chi connectivity index (χ0n) is 8.72. The molecule has 1 heterocycles. The number of aromatic carboxylic acids is 1. The predicted octanol–water partition coefficient (Wildman–Crippen LogP) is 3.32. The van der Waals surface area contributed by atoms with Gasteiger partial charge < -0.3 is 14.3 Å². The average Bonchev–Trinajstić information content (AvgIpc) is 2.73. The van der Waals surface area contributed by atoms with Crippen molar-refractivity contribution in [3.05, 3.63) is 52.4 Å². The van der Waals surface area contributed by atoms with Crippen molar-refractivity contribution in [1.82, 2.24) is 0 Å². The fraction of sp³-hybridized carbons (Fsp3) is 0.0833. The van der Waals surface area contributed by atoms with E-state index in [2.05, 4.69) is 15.9 Å². The van der Waals surface area contributed by atoms with E-state index >= 15 is 0 Å².